The summed E-state index contributed by atoms with van der Waals surface area (Å²) in [5, 5.41) is 14.2. The SMILES string of the molecule is CC1OCCC1NCc1ccc(Br)c([N+](=O)[O-])c1. The lowest BCUT2D eigenvalue weighted by Gasteiger charge is -2.15. The molecule has 2 atom stereocenters. The average Bonchev–Trinajstić information content (AvgIpc) is 2.73. The molecule has 6 heteroatoms. The summed E-state index contributed by atoms with van der Waals surface area (Å²) in [6.45, 7) is 3.43. The van der Waals surface area contributed by atoms with Crippen molar-refractivity contribution in [2.24, 2.45) is 0 Å². The van der Waals surface area contributed by atoms with Crippen molar-refractivity contribution >= 4 is 21.6 Å². The third kappa shape index (κ3) is 3.07. The molecule has 1 heterocycles. The van der Waals surface area contributed by atoms with Crippen molar-refractivity contribution in [3.8, 4) is 0 Å². The Bertz CT molecular complexity index is 453. The van der Waals surface area contributed by atoms with Crippen molar-refractivity contribution in [1.82, 2.24) is 5.32 Å². The Morgan fingerprint density at radius 3 is 3.00 bits per heavy atom. The molecule has 0 spiro atoms. The molecule has 1 saturated heterocycles. The van der Waals surface area contributed by atoms with E-state index in [1.54, 1.807) is 12.1 Å². The molecule has 2 rings (SSSR count). The second-order valence-corrected chi connectivity index (χ2v) is 5.25. The molecule has 1 fully saturated rings. The fourth-order valence-electron chi connectivity index (χ4n) is 2.06. The van der Waals surface area contributed by atoms with Gasteiger partial charge in [0.1, 0.15) is 0 Å². The number of nitrogens with zero attached hydrogens (tertiary/aromatic N) is 1. The van der Waals surface area contributed by atoms with Gasteiger partial charge in [-0.05, 0) is 40.9 Å². The summed E-state index contributed by atoms with van der Waals surface area (Å²) in [5.41, 5.74) is 1.01. The van der Waals surface area contributed by atoms with Crippen LogP contribution in [0.3, 0.4) is 0 Å². The molecule has 18 heavy (non-hydrogen) atoms. The number of nitrogens with one attached hydrogen (secondary N) is 1. The Labute approximate surface area is 114 Å². The van der Waals surface area contributed by atoms with Crippen molar-refractivity contribution in [1.29, 1.82) is 0 Å². The quantitative estimate of drug-likeness (QED) is 0.685. The lowest BCUT2D eigenvalue weighted by atomic mass is 10.1. The van der Waals surface area contributed by atoms with E-state index in [0.29, 0.717) is 17.1 Å². The number of nitro groups is 1. The Morgan fingerprint density at radius 1 is 1.61 bits per heavy atom. The highest BCUT2D eigenvalue weighted by Gasteiger charge is 2.23. The summed E-state index contributed by atoms with van der Waals surface area (Å²) in [5.74, 6) is 0. The number of ether oxygens (including phenoxy) is 1. The number of rotatable bonds is 4. The first kappa shape index (κ1) is 13.5. The third-order valence-electron chi connectivity index (χ3n) is 3.15. The van der Waals surface area contributed by atoms with Crippen LogP contribution in [0, 0.1) is 10.1 Å². The van der Waals surface area contributed by atoms with Crippen LogP contribution >= 0.6 is 15.9 Å². The van der Waals surface area contributed by atoms with Crippen molar-refractivity contribution in [3.05, 3.63) is 38.3 Å². The van der Waals surface area contributed by atoms with Gasteiger partial charge in [-0.1, -0.05) is 6.07 Å². The van der Waals surface area contributed by atoms with Gasteiger partial charge >= 0.3 is 0 Å². The highest BCUT2D eigenvalue weighted by molar-refractivity contribution is 9.10. The van der Waals surface area contributed by atoms with E-state index < -0.39 is 0 Å². The van der Waals surface area contributed by atoms with Crippen LogP contribution in [-0.2, 0) is 11.3 Å². The molecule has 0 radical (unpaired) electrons. The topological polar surface area (TPSA) is 64.4 Å². The minimum Gasteiger partial charge on any atom is -0.377 e. The van der Waals surface area contributed by atoms with Gasteiger partial charge in [-0.25, -0.2) is 0 Å². The summed E-state index contributed by atoms with van der Waals surface area (Å²) < 4.78 is 5.96. The molecule has 1 N–H and O–H groups in total. The third-order valence-corrected chi connectivity index (χ3v) is 3.82. The van der Waals surface area contributed by atoms with Gasteiger partial charge in [0, 0.05) is 25.3 Å². The summed E-state index contributed by atoms with van der Waals surface area (Å²) >= 11 is 3.18. The van der Waals surface area contributed by atoms with Gasteiger partial charge < -0.3 is 10.1 Å². The second kappa shape index (κ2) is 5.77. The molecule has 98 valence electrons. The van der Waals surface area contributed by atoms with Crippen LogP contribution < -0.4 is 5.32 Å². The molecule has 1 aliphatic rings. The van der Waals surface area contributed by atoms with Crippen LogP contribution in [-0.4, -0.2) is 23.7 Å². The predicted molar refractivity (Wildman–Crippen MR) is 71.5 cm³/mol. The molecule has 0 bridgehead atoms. The van der Waals surface area contributed by atoms with Crippen molar-refractivity contribution in [3.63, 3.8) is 0 Å². The zero-order valence-electron chi connectivity index (χ0n) is 10.1. The van der Waals surface area contributed by atoms with E-state index in [0.717, 1.165) is 18.6 Å². The Balaban J connectivity index is 2.01. The summed E-state index contributed by atoms with van der Waals surface area (Å²) in [6, 6.07) is 5.51. The van der Waals surface area contributed by atoms with E-state index >= 15 is 0 Å². The summed E-state index contributed by atoms with van der Waals surface area (Å²) in [6.07, 6.45) is 1.19. The van der Waals surface area contributed by atoms with E-state index in [1.807, 2.05) is 13.0 Å². The van der Waals surface area contributed by atoms with Gasteiger partial charge in [-0.15, -0.1) is 0 Å². The Hall–Kier alpha value is -0.980. The molecule has 1 aromatic rings. The maximum atomic E-state index is 10.8. The standard InChI is InChI=1S/C12H15BrN2O3/c1-8-11(4-5-18-8)14-7-9-2-3-10(13)12(6-9)15(16)17/h2-3,6,8,11,14H,4-5,7H2,1H3. The van der Waals surface area contributed by atoms with Gasteiger partial charge in [0.25, 0.3) is 5.69 Å². The van der Waals surface area contributed by atoms with Gasteiger partial charge in [0.15, 0.2) is 0 Å². The molecule has 0 amide bonds. The van der Waals surface area contributed by atoms with Gasteiger partial charge in [0.2, 0.25) is 0 Å². The Kier molecular flexibility index (Phi) is 4.31. The zero-order valence-corrected chi connectivity index (χ0v) is 11.6. The van der Waals surface area contributed by atoms with Crippen LogP contribution in [0.25, 0.3) is 0 Å². The van der Waals surface area contributed by atoms with E-state index in [9.17, 15) is 10.1 Å². The van der Waals surface area contributed by atoms with Crippen LogP contribution in [0.5, 0.6) is 0 Å². The normalized spacial score (nSPS) is 23.2. The molecular weight excluding hydrogens is 300 g/mol. The molecular formula is C12H15BrN2O3. The van der Waals surface area contributed by atoms with Crippen LogP contribution in [0.4, 0.5) is 5.69 Å². The minimum atomic E-state index is -0.380. The predicted octanol–water partition coefficient (Wildman–Crippen LogP) is 2.62. The molecule has 5 nitrogen and oxygen atoms in total. The summed E-state index contributed by atoms with van der Waals surface area (Å²) in [4.78, 5) is 10.4. The maximum absolute atomic E-state index is 10.8. The van der Waals surface area contributed by atoms with Gasteiger partial charge in [-0.2, -0.15) is 0 Å². The fourth-order valence-corrected chi connectivity index (χ4v) is 2.45. The second-order valence-electron chi connectivity index (χ2n) is 4.39. The average molecular weight is 315 g/mol. The largest absolute Gasteiger partial charge is 0.377 e. The highest BCUT2D eigenvalue weighted by Crippen LogP contribution is 2.25. The van der Waals surface area contributed by atoms with E-state index in [-0.39, 0.29) is 16.7 Å². The molecule has 2 unspecified atom stereocenters. The van der Waals surface area contributed by atoms with Crippen molar-refractivity contribution in [2.75, 3.05) is 6.61 Å². The molecule has 1 aromatic carbocycles. The van der Waals surface area contributed by atoms with Crippen LogP contribution in [0.1, 0.15) is 18.9 Å². The first-order valence-electron chi connectivity index (χ1n) is 5.85. The first-order chi connectivity index (χ1) is 8.58. The lowest BCUT2D eigenvalue weighted by Crippen LogP contribution is -2.34. The van der Waals surface area contributed by atoms with Gasteiger partial charge in [-0.3, -0.25) is 10.1 Å². The molecule has 0 aromatic heterocycles. The number of nitro benzene ring substituents is 1. The molecule has 0 saturated carbocycles. The highest BCUT2D eigenvalue weighted by atomic mass is 79.9. The van der Waals surface area contributed by atoms with E-state index in [4.69, 9.17) is 4.74 Å². The van der Waals surface area contributed by atoms with Crippen molar-refractivity contribution in [2.45, 2.75) is 32.0 Å². The smallest absolute Gasteiger partial charge is 0.283 e. The number of hydrogen-bond donors (Lipinski definition) is 1. The van der Waals surface area contributed by atoms with Crippen LogP contribution in [0.2, 0.25) is 0 Å². The Morgan fingerprint density at radius 2 is 2.39 bits per heavy atom. The van der Waals surface area contributed by atoms with E-state index in [2.05, 4.69) is 21.2 Å². The van der Waals surface area contributed by atoms with E-state index in [1.165, 1.54) is 0 Å². The van der Waals surface area contributed by atoms with Crippen LogP contribution in [0.15, 0.2) is 22.7 Å². The zero-order chi connectivity index (χ0) is 13.1. The summed E-state index contributed by atoms with van der Waals surface area (Å²) in [7, 11) is 0. The number of hydrogen-bond acceptors (Lipinski definition) is 4. The lowest BCUT2D eigenvalue weighted by molar-refractivity contribution is -0.385. The maximum Gasteiger partial charge on any atom is 0.283 e. The number of halogens is 1. The monoisotopic (exact) mass is 314 g/mol. The fraction of sp³-hybridized carbons (Fsp3) is 0.500. The molecule has 1 aliphatic heterocycles. The number of benzene rings is 1. The van der Waals surface area contributed by atoms with Gasteiger partial charge in [0.05, 0.1) is 15.5 Å². The first-order valence-corrected chi connectivity index (χ1v) is 6.65. The van der Waals surface area contributed by atoms with Crippen molar-refractivity contribution < 1.29 is 9.66 Å². The minimum absolute atomic E-state index is 0.102. The molecule has 0 aliphatic carbocycles.